The maximum Gasteiger partial charge on any atom is 0.241 e. The Morgan fingerprint density at radius 1 is 1.00 bits per heavy atom. The number of benzene rings is 3. The number of amides is 1. The maximum atomic E-state index is 12.5. The number of ether oxygens (including phenoxy) is 1. The maximum absolute atomic E-state index is 12.5. The standard InChI is InChI=1S/C23H26N2O4S/c1-3-15-29-21-13-11-20(12-14-21)25(30(2,27)28)17-23(26)24-16-19-9-6-8-18-7-4-5-10-22(18)19/h4-14H,3,15-17H2,1-2H3,(H,24,26). The van der Waals surface area contributed by atoms with Gasteiger partial charge < -0.3 is 10.1 Å². The first-order chi connectivity index (χ1) is 14.4. The van der Waals surface area contributed by atoms with E-state index in [1.54, 1.807) is 24.3 Å². The molecule has 7 heteroatoms. The summed E-state index contributed by atoms with van der Waals surface area (Å²) in [4.78, 5) is 12.5. The zero-order valence-corrected chi connectivity index (χ0v) is 18.0. The minimum Gasteiger partial charge on any atom is -0.494 e. The molecule has 0 heterocycles. The van der Waals surface area contributed by atoms with Crippen molar-refractivity contribution >= 4 is 32.4 Å². The third-order valence-corrected chi connectivity index (χ3v) is 5.78. The van der Waals surface area contributed by atoms with Crippen molar-refractivity contribution in [3.05, 3.63) is 72.3 Å². The average Bonchev–Trinajstić information content (AvgIpc) is 2.74. The third kappa shape index (κ3) is 5.51. The fourth-order valence-electron chi connectivity index (χ4n) is 3.16. The van der Waals surface area contributed by atoms with Gasteiger partial charge in [0.1, 0.15) is 12.3 Å². The molecule has 0 atom stereocenters. The number of carbonyl (C=O) groups is 1. The van der Waals surface area contributed by atoms with E-state index in [4.69, 9.17) is 4.74 Å². The van der Waals surface area contributed by atoms with E-state index in [2.05, 4.69) is 5.32 Å². The summed E-state index contributed by atoms with van der Waals surface area (Å²) in [6.07, 6.45) is 1.97. The van der Waals surface area contributed by atoms with Gasteiger partial charge >= 0.3 is 0 Å². The van der Waals surface area contributed by atoms with Gasteiger partial charge in [-0.1, -0.05) is 49.4 Å². The molecule has 0 saturated heterocycles. The molecule has 1 N–H and O–H groups in total. The molecular weight excluding hydrogens is 400 g/mol. The lowest BCUT2D eigenvalue weighted by Crippen LogP contribution is -2.40. The van der Waals surface area contributed by atoms with Crippen LogP contribution in [-0.4, -0.2) is 33.7 Å². The van der Waals surface area contributed by atoms with E-state index >= 15 is 0 Å². The second kappa shape index (κ2) is 9.63. The van der Waals surface area contributed by atoms with Gasteiger partial charge in [-0.2, -0.15) is 0 Å². The summed E-state index contributed by atoms with van der Waals surface area (Å²) in [6.45, 7) is 2.63. The number of anilines is 1. The molecule has 3 aromatic rings. The van der Waals surface area contributed by atoms with Crippen LogP contribution in [0.1, 0.15) is 18.9 Å². The molecule has 30 heavy (non-hydrogen) atoms. The fraction of sp³-hybridized carbons (Fsp3) is 0.261. The monoisotopic (exact) mass is 426 g/mol. The van der Waals surface area contributed by atoms with Gasteiger partial charge in [-0.15, -0.1) is 0 Å². The Balaban J connectivity index is 1.70. The Labute approximate surface area is 177 Å². The summed E-state index contributed by atoms with van der Waals surface area (Å²) < 4.78 is 31.2. The highest BCUT2D eigenvalue weighted by Crippen LogP contribution is 2.22. The Hall–Kier alpha value is -3.06. The zero-order valence-electron chi connectivity index (χ0n) is 17.2. The molecule has 3 rings (SSSR count). The van der Waals surface area contributed by atoms with Crippen molar-refractivity contribution in [2.24, 2.45) is 0 Å². The fourth-order valence-corrected chi connectivity index (χ4v) is 4.01. The summed E-state index contributed by atoms with van der Waals surface area (Å²) in [5.74, 6) is 0.286. The highest BCUT2D eigenvalue weighted by Gasteiger charge is 2.21. The van der Waals surface area contributed by atoms with Gasteiger partial charge in [0.25, 0.3) is 0 Å². The first kappa shape index (κ1) is 21.6. The second-order valence-electron chi connectivity index (χ2n) is 7.03. The Bertz CT molecular complexity index is 1110. The van der Waals surface area contributed by atoms with Crippen LogP contribution in [-0.2, 0) is 21.4 Å². The smallest absolute Gasteiger partial charge is 0.241 e. The number of fused-ring (bicyclic) bond motifs is 1. The zero-order chi connectivity index (χ0) is 21.6. The summed E-state index contributed by atoms with van der Waals surface area (Å²) >= 11 is 0. The lowest BCUT2D eigenvalue weighted by Gasteiger charge is -2.22. The molecule has 158 valence electrons. The first-order valence-electron chi connectivity index (χ1n) is 9.82. The number of sulfonamides is 1. The number of rotatable bonds is 9. The number of hydrogen-bond donors (Lipinski definition) is 1. The van der Waals surface area contributed by atoms with Crippen molar-refractivity contribution in [1.29, 1.82) is 0 Å². The predicted molar refractivity (Wildman–Crippen MR) is 120 cm³/mol. The lowest BCUT2D eigenvalue weighted by atomic mass is 10.0. The van der Waals surface area contributed by atoms with Crippen LogP contribution < -0.4 is 14.4 Å². The Morgan fingerprint density at radius 2 is 1.70 bits per heavy atom. The molecule has 0 radical (unpaired) electrons. The van der Waals surface area contributed by atoms with Crippen molar-refractivity contribution in [3.8, 4) is 5.75 Å². The largest absolute Gasteiger partial charge is 0.494 e. The topological polar surface area (TPSA) is 75.7 Å². The highest BCUT2D eigenvalue weighted by molar-refractivity contribution is 7.92. The average molecular weight is 427 g/mol. The van der Waals surface area contributed by atoms with Gasteiger partial charge in [0.05, 0.1) is 18.6 Å². The molecule has 0 fully saturated rings. The molecule has 3 aromatic carbocycles. The number of carbonyl (C=O) groups excluding carboxylic acids is 1. The molecule has 1 amide bonds. The molecule has 6 nitrogen and oxygen atoms in total. The van der Waals surface area contributed by atoms with Crippen LogP contribution in [0.25, 0.3) is 10.8 Å². The molecular formula is C23H26N2O4S. The molecule has 0 spiro atoms. The van der Waals surface area contributed by atoms with E-state index in [-0.39, 0.29) is 12.5 Å². The minimum atomic E-state index is -3.63. The number of hydrogen-bond acceptors (Lipinski definition) is 4. The summed E-state index contributed by atoms with van der Waals surface area (Å²) in [5, 5.41) is 4.98. The summed E-state index contributed by atoms with van der Waals surface area (Å²) in [5.41, 5.74) is 1.39. The first-order valence-corrected chi connectivity index (χ1v) is 11.7. The second-order valence-corrected chi connectivity index (χ2v) is 8.93. The van der Waals surface area contributed by atoms with Gasteiger partial charge in [0, 0.05) is 6.54 Å². The van der Waals surface area contributed by atoms with Crippen LogP contribution in [0.5, 0.6) is 5.75 Å². The summed E-state index contributed by atoms with van der Waals surface area (Å²) in [7, 11) is -3.63. The van der Waals surface area contributed by atoms with E-state index in [0.717, 1.165) is 33.3 Å². The molecule has 0 aliphatic heterocycles. The SMILES string of the molecule is CCCOc1ccc(N(CC(=O)NCc2cccc3ccccc23)S(C)(=O)=O)cc1. The van der Waals surface area contributed by atoms with E-state index in [1.807, 2.05) is 49.4 Å². The van der Waals surface area contributed by atoms with Crippen LogP contribution in [0.2, 0.25) is 0 Å². The van der Waals surface area contributed by atoms with E-state index < -0.39 is 10.0 Å². The molecule has 0 aliphatic rings. The molecule has 0 saturated carbocycles. The molecule has 0 bridgehead atoms. The van der Waals surface area contributed by atoms with Crippen LogP contribution >= 0.6 is 0 Å². The van der Waals surface area contributed by atoms with Crippen LogP contribution in [0.4, 0.5) is 5.69 Å². The van der Waals surface area contributed by atoms with Gasteiger partial charge in [0.15, 0.2) is 0 Å². The van der Waals surface area contributed by atoms with Gasteiger partial charge in [-0.3, -0.25) is 9.10 Å². The van der Waals surface area contributed by atoms with Crippen LogP contribution in [0.15, 0.2) is 66.7 Å². The van der Waals surface area contributed by atoms with Crippen molar-refractivity contribution in [3.63, 3.8) is 0 Å². The lowest BCUT2D eigenvalue weighted by molar-refractivity contribution is -0.119. The van der Waals surface area contributed by atoms with Gasteiger partial charge in [0.2, 0.25) is 15.9 Å². The van der Waals surface area contributed by atoms with Gasteiger partial charge in [-0.25, -0.2) is 8.42 Å². The van der Waals surface area contributed by atoms with Crippen molar-refractivity contribution in [2.75, 3.05) is 23.7 Å². The molecule has 0 unspecified atom stereocenters. The van der Waals surface area contributed by atoms with Crippen molar-refractivity contribution in [2.45, 2.75) is 19.9 Å². The number of nitrogens with zero attached hydrogens (tertiary/aromatic N) is 1. The van der Waals surface area contributed by atoms with Crippen LogP contribution in [0, 0.1) is 0 Å². The predicted octanol–water partition coefficient (Wildman–Crippen LogP) is 3.71. The van der Waals surface area contributed by atoms with Crippen LogP contribution in [0.3, 0.4) is 0 Å². The molecule has 0 aromatic heterocycles. The minimum absolute atomic E-state index is 0.293. The molecule has 0 aliphatic carbocycles. The quantitative estimate of drug-likeness (QED) is 0.566. The third-order valence-electron chi connectivity index (χ3n) is 4.64. The van der Waals surface area contributed by atoms with E-state index in [0.29, 0.717) is 24.6 Å². The van der Waals surface area contributed by atoms with E-state index in [1.165, 1.54) is 0 Å². The normalized spacial score (nSPS) is 11.3. The highest BCUT2D eigenvalue weighted by atomic mass is 32.2. The van der Waals surface area contributed by atoms with Crippen molar-refractivity contribution < 1.29 is 17.9 Å². The van der Waals surface area contributed by atoms with E-state index in [9.17, 15) is 13.2 Å². The Morgan fingerprint density at radius 3 is 2.40 bits per heavy atom. The summed E-state index contributed by atoms with van der Waals surface area (Å²) in [6, 6.07) is 20.5. The van der Waals surface area contributed by atoms with Gasteiger partial charge in [-0.05, 0) is 47.0 Å². The number of nitrogens with one attached hydrogen (secondary N) is 1. The van der Waals surface area contributed by atoms with Crippen molar-refractivity contribution in [1.82, 2.24) is 5.32 Å². The Kier molecular flexibility index (Phi) is 6.95.